The summed E-state index contributed by atoms with van der Waals surface area (Å²) in [5.74, 6) is -0.361. The molecule has 0 spiro atoms. The van der Waals surface area contributed by atoms with Crippen molar-refractivity contribution in [2.45, 2.75) is 61.9 Å². The fourth-order valence-corrected chi connectivity index (χ4v) is 7.41. The largest absolute Gasteiger partial charge is 0.497 e. The van der Waals surface area contributed by atoms with Crippen molar-refractivity contribution in [2.75, 3.05) is 33.4 Å². The van der Waals surface area contributed by atoms with Gasteiger partial charge in [0.25, 0.3) is 0 Å². The molecule has 2 saturated heterocycles. The maximum atomic E-state index is 14.4. The minimum absolute atomic E-state index is 0.0290. The lowest BCUT2D eigenvalue weighted by Crippen LogP contribution is -2.67. The third-order valence-corrected chi connectivity index (χ3v) is 9.81. The van der Waals surface area contributed by atoms with Gasteiger partial charge >= 0.3 is 6.09 Å². The van der Waals surface area contributed by atoms with Crippen LogP contribution in [0, 0.1) is 5.92 Å². The van der Waals surface area contributed by atoms with Gasteiger partial charge in [-0.3, -0.25) is 10.1 Å². The molecule has 0 aromatic heterocycles. The van der Waals surface area contributed by atoms with Crippen molar-refractivity contribution in [3.63, 3.8) is 0 Å². The lowest BCUT2D eigenvalue weighted by Gasteiger charge is -2.46. The molecule has 0 bridgehead atoms. The summed E-state index contributed by atoms with van der Waals surface area (Å²) < 4.78 is 46.0. The van der Waals surface area contributed by atoms with E-state index in [1.165, 1.54) is 42.6 Å². The Kier molecular flexibility index (Phi) is 10.0. The monoisotopic (exact) mass is 589 g/mol. The van der Waals surface area contributed by atoms with E-state index in [2.05, 4.69) is 10.6 Å². The van der Waals surface area contributed by atoms with Crippen molar-refractivity contribution in [1.82, 2.24) is 14.9 Å². The van der Waals surface area contributed by atoms with Crippen LogP contribution in [0.15, 0.2) is 59.5 Å². The summed E-state index contributed by atoms with van der Waals surface area (Å²) in [4.78, 5) is 25.8. The molecule has 2 aromatic rings. The highest BCUT2D eigenvalue weighted by molar-refractivity contribution is 7.89. The van der Waals surface area contributed by atoms with Gasteiger partial charge in [-0.2, -0.15) is 4.31 Å². The fourth-order valence-electron chi connectivity index (χ4n) is 5.48. The molecule has 11 nitrogen and oxygen atoms in total. The molecule has 0 radical (unpaired) electrons. The maximum absolute atomic E-state index is 14.4. The number of nitrogens with zero attached hydrogens (tertiary/aromatic N) is 1. The van der Waals surface area contributed by atoms with Crippen LogP contribution < -0.4 is 15.4 Å². The van der Waals surface area contributed by atoms with Crippen molar-refractivity contribution >= 4 is 21.9 Å². The number of Topliss-reactive ketones (excluding diaryl/α,β-unsaturated/α-hetero) is 1. The molecule has 224 valence electrons. The zero-order chi connectivity index (χ0) is 29.6. The molecular weight excluding hydrogens is 550 g/mol. The van der Waals surface area contributed by atoms with Gasteiger partial charge in [-0.1, -0.05) is 30.3 Å². The third kappa shape index (κ3) is 7.25. The second-order valence-electron chi connectivity index (χ2n) is 10.6. The van der Waals surface area contributed by atoms with Crippen molar-refractivity contribution < 1.29 is 37.3 Å². The first-order valence-corrected chi connectivity index (χ1v) is 15.2. The molecule has 0 saturated carbocycles. The average molecular weight is 590 g/mol. The standard InChI is InChI=1S/C29H39N3O8S/c1-20(33)26-18-30-15-13-27(26)32(41(36,37)25-11-9-23(38-3)10-12-25)21(2)29(35,17-22-7-5-4-6-8-22)31-28(34)40-24-14-16-39-19-24/h4-12,21,24,26-27,30,35H,13-19H2,1-3H3,(H,31,34). The molecule has 2 fully saturated rings. The second-order valence-corrected chi connectivity index (χ2v) is 12.4. The second kappa shape index (κ2) is 13.3. The van der Waals surface area contributed by atoms with Crippen molar-refractivity contribution in [3.05, 3.63) is 60.2 Å². The van der Waals surface area contributed by atoms with Crippen LogP contribution in [0.1, 0.15) is 32.3 Å². The van der Waals surface area contributed by atoms with E-state index in [0.717, 1.165) is 0 Å². The number of carbonyl (C=O) groups excluding carboxylic acids is 2. The van der Waals surface area contributed by atoms with E-state index in [4.69, 9.17) is 14.2 Å². The number of hydrogen-bond donors (Lipinski definition) is 3. The van der Waals surface area contributed by atoms with Crippen molar-refractivity contribution in [2.24, 2.45) is 5.92 Å². The predicted octanol–water partition coefficient (Wildman–Crippen LogP) is 2.09. The van der Waals surface area contributed by atoms with E-state index in [0.29, 0.717) is 37.3 Å². The number of benzene rings is 2. The lowest BCUT2D eigenvalue weighted by molar-refractivity contribution is -0.124. The predicted molar refractivity (Wildman–Crippen MR) is 151 cm³/mol. The number of carbonyl (C=O) groups is 2. The molecule has 2 heterocycles. The van der Waals surface area contributed by atoms with Crippen molar-refractivity contribution in [1.29, 1.82) is 0 Å². The number of amides is 1. The number of ether oxygens (including phenoxy) is 3. The van der Waals surface area contributed by atoms with Gasteiger partial charge in [-0.25, -0.2) is 13.2 Å². The van der Waals surface area contributed by atoms with Gasteiger partial charge in [0, 0.05) is 31.3 Å². The normalized spacial score (nSPS) is 23.4. The number of sulfonamides is 1. The van der Waals surface area contributed by atoms with Gasteiger partial charge in [0.2, 0.25) is 10.0 Å². The fraction of sp³-hybridized carbons (Fsp3) is 0.517. The van der Waals surface area contributed by atoms with E-state index < -0.39 is 45.9 Å². The Morgan fingerprint density at radius 3 is 2.49 bits per heavy atom. The van der Waals surface area contributed by atoms with Gasteiger partial charge in [0.15, 0.2) is 5.72 Å². The van der Waals surface area contributed by atoms with Gasteiger partial charge in [-0.05, 0) is 56.6 Å². The summed E-state index contributed by atoms with van der Waals surface area (Å²) in [6.07, 6.45) is -0.629. The first-order chi connectivity index (χ1) is 19.5. The summed E-state index contributed by atoms with van der Waals surface area (Å²) in [5.41, 5.74) is -1.44. The summed E-state index contributed by atoms with van der Waals surface area (Å²) in [6.45, 7) is 4.44. The number of rotatable bonds is 11. The molecular formula is C29H39N3O8S. The quantitative estimate of drug-likeness (QED) is 0.336. The average Bonchev–Trinajstić information content (AvgIpc) is 3.46. The summed E-state index contributed by atoms with van der Waals surface area (Å²) >= 11 is 0. The van der Waals surface area contributed by atoms with E-state index in [1.807, 2.05) is 6.07 Å². The van der Waals surface area contributed by atoms with Crippen LogP contribution in [0.3, 0.4) is 0 Å². The number of alkyl carbamates (subject to hydrolysis) is 1. The van der Waals surface area contributed by atoms with Gasteiger partial charge in [0.05, 0.1) is 31.3 Å². The highest BCUT2D eigenvalue weighted by atomic mass is 32.2. The van der Waals surface area contributed by atoms with E-state index in [9.17, 15) is 23.1 Å². The Morgan fingerprint density at radius 1 is 1.17 bits per heavy atom. The van der Waals surface area contributed by atoms with E-state index >= 15 is 0 Å². The van der Waals surface area contributed by atoms with Crippen LogP contribution in [0.2, 0.25) is 0 Å². The Bertz CT molecular complexity index is 1280. The highest BCUT2D eigenvalue weighted by Crippen LogP contribution is 2.33. The molecule has 12 heteroatoms. The van der Waals surface area contributed by atoms with Gasteiger partial charge in [-0.15, -0.1) is 0 Å². The topological polar surface area (TPSA) is 144 Å². The van der Waals surface area contributed by atoms with Crippen LogP contribution >= 0.6 is 0 Å². The number of methoxy groups -OCH3 is 1. The lowest BCUT2D eigenvalue weighted by atomic mass is 9.87. The molecule has 2 aliphatic rings. The number of aliphatic hydroxyl groups is 1. The Balaban J connectivity index is 1.78. The summed E-state index contributed by atoms with van der Waals surface area (Å²) in [6, 6.07) is 12.9. The number of piperidine rings is 1. The highest BCUT2D eigenvalue weighted by Gasteiger charge is 2.50. The summed E-state index contributed by atoms with van der Waals surface area (Å²) in [5, 5.41) is 18.0. The first kappa shape index (κ1) is 30.9. The van der Waals surface area contributed by atoms with Gasteiger partial charge in [0.1, 0.15) is 17.6 Å². The molecule has 3 N–H and O–H groups in total. The molecule has 2 aliphatic heterocycles. The van der Waals surface area contributed by atoms with Crippen molar-refractivity contribution in [3.8, 4) is 5.75 Å². The van der Waals surface area contributed by atoms with Crippen LogP contribution in [-0.4, -0.2) is 87.0 Å². The zero-order valence-electron chi connectivity index (χ0n) is 23.6. The van der Waals surface area contributed by atoms with Crippen LogP contribution in [0.25, 0.3) is 0 Å². The number of ketones is 1. The maximum Gasteiger partial charge on any atom is 0.409 e. The molecule has 41 heavy (non-hydrogen) atoms. The third-order valence-electron chi connectivity index (χ3n) is 7.80. The molecule has 2 aromatic carbocycles. The van der Waals surface area contributed by atoms with Crippen LogP contribution in [0.5, 0.6) is 5.75 Å². The smallest absolute Gasteiger partial charge is 0.409 e. The minimum Gasteiger partial charge on any atom is -0.497 e. The van der Waals surface area contributed by atoms with Gasteiger partial charge < -0.3 is 24.6 Å². The Hall–Kier alpha value is -3.03. The SMILES string of the molecule is COc1ccc(S(=O)(=O)N(C2CCNCC2C(C)=O)C(C)C(O)(Cc2ccccc2)NC(=O)OC2CCOC2)cc1. The Morgan fingerprint density at radius 2 is 1.88 bits per heavy atom. The molecule has 1 amide bonds. The van der Waals surface area contributed by atoms with E-state index in [-0.39, 0.29) is 30.3 Å². The summed E-state index contributed by atoms with van der Waals surface area (Å²) in [7, 11) is -2.82. The number of hydrogen-bond acceptors (Lipinski definition) is 9. The first-order valence-electron chi connectivity index (χ1n) is 13.8. The van der Waals surface area contributed by atoms with Crippen LogP contribution in [-0.2, 0) is 30.7 Å². The molecule has 0 aliphatic carbocycles. The minimum atomic E-state index is -4.30. The molecule has 5 atom stereocenters. The van der Waals surface area contributed by atoms with E-state index in [1.54, 1.807) is 31.2 Å². The molecule has 4 rings (SSSR count). The molecule has 5 unspecified atom stereocenters. The Labute approximate surface area is 241 Å². The number of nitrogens with one attached hydrogen (secondary N) is 2. The van der Waals surface area contributed by atoms with Crippen LogP contribution in [0.4, 0.5) is 4.79 Å². The zero-order valence-corrected chi connectivity index (χ0v) is 24.4.